The molecule has 5 nitrogen and oxygen atoms in total. The highest BCUT2D eigenvalue weighted by molar-refractivity contribution is 5.90. The Labute approximate surface area is 131 Å². The first-order valence-electron chi connectivity index (χ1n) is 8.26. The van der Waals surface area contributed by atoms with Gasteiger partial charge in [-0.3, -0.25) is 9.59 Å². The van der Waals surface area contributed by atoms with Crippen LogP contribution >= 0.6 is 0 Å². The lowest BCUT2D eigenvalue weighted by Crippen LogP contribution is -2.62. The summed E-state index contributed by atoms with van der Waals surface area (Å²) >= 11 is 0. The molecule has 0 N–H and O–H groups in total. The average Bonchev–Trinajstić information content (AvgIpc) is 2.96. The quantitative estimate of drug-likeness (QED) is 0.733. The predicted octanol–water partition coefficient (Wildman–Crippen LogP) is 2.47. The molecule has 3 aliphatic rings. The van der Waals surface area contributed by atoms with Crippen LogP contribution in [0.4, 0.5) is 0 Å². The zero-order valence-electron chi connectivity index (χ0n) is 13.8. The molecule has 3 atom stereocenters. The van der Waals surface area contributed by atoms with Crippen molar-refractivity contribution in [2.75, 3.05) is 20.3 Å². The Morgan fingerprint density at radius 2 is 1.95 bits per heavy atom. The van der Waals surface area contributed by atoms with Crippen LogP contribution in [0, 0.1) is 16.7 Å². The zero-order valence-corrected chi connectivity index (χ0v) is 13.8. The van der Waals surface area contributed by atoms with E-state index in [-0.39, 0.29) is 29.5 Å². The van der Waals surface area contributed by atoms with Crippen LogP contribution in [0.15, 0.2) is 0 Å². The highest BCUT2D eigenvalue weighted by Crippen LogP contribution is 2.63. The monoisotopic (exact) mass is 310 g/mol. The Morgan fingerprint density at radius 3 is 2.59 bits per heavy atom. The fourth-order valence-corrected chi connectivity index (χ4v) is 5.17. The number of ether oxygens (including phenoxy) is 3. The van der Waals surface area contributed by atoms with Crippen molar-refractivity contribution in [1.82, 2.24) is 0 Å². The lowest BCUT2D eigenvalue weighted by molar-refractivity contribution is -0.286. The first kappa shape index (κ1) is 15.9. The van der Waals surface area contributed by atoms with E-state index in [0.717, 1.165) is 25.7 Å². The van der Waals surface area contributed by atoms with E-state index in [2.05, 4.69) is 6.92 Å². The SMILES string of the molecule is COC(=O)C[C@]1(C)C(=O)CC[C@@]2(C)[C@H]1CCCC21OCCO1. The molecule has 5 heteroatoms. The zero-order chi connectivity index (χ0) is 16.0. The lowest BCUT2D eigenvalue weighted by atomic mass is 9.48. The third-order valence-corrected chi connectivity index (χ3v) is 6.41. The van der Waals surface area contributed by atoms with Crippen LogP contribution in [0.5, 0.6) is 0 Å². The van der Waals surface area contributed by atoms with E-state index < -0.39 is 11.2 Å². The second kappa shape index (κ2) is 5.31. The summed E-state index contributed by atoms with van der Waals surface area (Å²) in [7, 11) is 1.38. The molecule has 0 unspecified atom stereocenters. The molecule has 124 valence electrons. The number of ketones is 1. The summed E-state index contributed by atoms with van der Waals surface area (Å²) in [5.74, 6) is -0.621. The Morgan fingerprint density at radius 1 is 1.27 bits per heavy atom. The van der Waals surface area contributed by atoms with Gasteiger partial charge in [0.05, 0.1) is 26.7 Å². The van der Waals surface area contributed by atoms with Crippen molar-refractivity contribution >= 4 is 11.8 Å². The van der Waals surface area contributed by atoms with E-state index in [1.807, 2.05) is 6.92 Å². The van der Waals surface area contributed by atoms with E-state index in [4.69, 9.17) is 14.2 Å². The van der Waals surface area contributed by atoms with Crippen LogP contribution in [0.2, 0.25) is 0 Å². The van der Waals surface area contributed by atoms with Crippen LogP contribution in [-0.2, 0) is 23.8 Å². The molecular formula is C17H26O5. The largest absolute Gasteiger partial charge is 0.469 e. The number of carbonyl (C=O) groups is 2. The first-order chi connectivity index (χ1) is 10.4. The lowest BCUT2D eigenvalue weighted by Gasteiger charge is -2.59. The molecule has 0 radical (unpaired) electrons. The van der Waals surface area contributed by atoms with E-state index >= 15 is 0 Å². The van der Waals surface area contributed by atoms with Gasteiger partial charge in [-0.15, -0.1) is 0 Å². The van der Waals surface area contributed by atoms with Crippen LogP contribution < -0.4 is 0 Å². The smallest absolute Gasteiger partial charge is 0.306 e. The van der Waals surface area contributed by atoms with Gasteiger partial charge in [0.15, 0.2) is 5.79 Å². The van der Waals surface area contributed by atoms with Crippen LogP contribution in [0.25, 0.3) is 0 Å². The number of carbonyl (C=O) groups excluding carboxylic acids is 2. The van der Waals surface area contributed by atoms with Crippen molar-refractivity contribution in [2.45, 2.75) is 58.2 Å². The Bertz CT molecular complexity index is 481. The van der Waals surface area contributed by atoms with Gasteiger partial charge >= 0.3 is 5.97 Å². The molecule has 1 aliphatic heterocycles. The predicted molar refractivity (Wildman–Crippen MR) is 79.1 cm³/mol. The summed E-state index contributed by atoms with van der Waals surface area (Å²) in [4.78, 5) is 24.6. The minimum atomic E-state index is -0.678. The molecule has 2 aliphatic carbocycles. The average molecular weight is 310 g/mol. The third kappa shape index (κ3) is 2.05. The van der Waals surface area contributed by atoms with Crippen molar-refractivity contribution in [1.29, 1.82) is 0 Å². The molecule has 1 saturated heterocycles. The molecule has 1 spiro atoms. The maximum atomic E-state index is 12.7. The van der Waals surface area contributed by atoms with Gasteiger partial charge in [0.2, 0.25) is 0 Å². The van der Waals surface area contributed by atoms with Gasteiger partial charge in [-0.25, -0.2) is 0 Å². The molecule has 0 aromatic heterocycles. The number of hydrogen-bond donors (Lipinski definition) is 0. The number of methoxy groups -OCH3 is 1. The van der Waals surface area contributed by atoms with Gasteiger partial charge in [0.1, 0.15) is 5.78 Å². The number of fused-ring (bicyclic) bond motifs is 2. The highest BCUT2D eigenvalue weighted by atomic mass is 16.7. The summed E-state index contributed by atoms with van der Waals surface area (Å²) in [5, 5.41) is 0. The Hall–Kier alpha value is -0.940. The maximum Gasteiger partial charge on any atom is 0.306 e. The number of rotatable bonds is 2. The minimum absolute atomic E-state index is 0.0900. The normalized spacial score (nSPS) is 40.5. The molecule has 22 heavy (non-hydrogen) atoms. The van der Waals surface area contributed by atoms with Gasteiger partial charge in [0.25, 0.3) is 0 Å². The van der Waals surface area contributed by atoms with Crippen molar-refractivity contribution in [3.8, 4) is 0 Å². The second-order valence-electron chi connectivity index (χ2n) is 7.41. The third-order valence-electron chi connectivity index (χ3n) is 6.41. The van der Waals surface area contributed by atoms with Gasteiger partial charge in [-0.1, -0.05) is 13.8 Å². The van der Waals surface area contributed by atoms with E-state index in [1.54, 1.807) is 0 Å². The second-order valence-corrected chi connectivity index (χ2v) is 7.41. The number of hydrogen-bond acceptors (Lipinski definition) is 5. The van der Waals surface area contributed by atoms with Crippen LogP contribution in [0.3, 0.4) is 0 Å². The molecule has 2 saturated carbocycles. The van der Waals surface area contributed by atoms with Gasteiger partial charge in [-0.2, -0.15) is 0 Å². The molecule has 1 heterocycles. The van der Waals surface area contributed by atoms with E-state index in [0.29, 0.717) is 19.6 Å². The number of esters is 1. The summed E-state index contributed by atoms with van der Waals surface area (Å²) in [6.45, 7) is 5.35. The molecule has 0 aromatic rings. The summed E-state index contributed by atoms with van der Waals surface area (Å²) in [6, 6.07) is 0. The summed E-state index contributed by atoms with van der Waals surface area (Å²) in [5.41, 5.74) is -0.902. The van der Waals surface area contributed by atoms with Gasteiger partial charge in [-0.05, 0) is 25.2 Å². The van der Waals surface area contributed by atoms with Crippen molar-refractivity contribution < 1.29 is 23.8 Å². The maximum absolute atomic E-state index is 12.7. The van der Waals surface area contributed by atoms with Gasteiger partial charge < -0.3 is 14.2 Å². The van der Waals surface area contributed by atoms with E-state index in [9.17, 15) is 9.59 Å². The molecule has 3 rings (SSSR count). The van der Waals surface area contributed by atoms with Crippen molar-refractivity contribution in [3.63, 3.8) is 0 Å². The van der Waals surface area contributed by atoms with Gasteiger partial charge in [0, 0.05) is 23.7 Å². The Kier molecular flexibility index (Phi) is 3.84. The van der Waals surface area contributed by atoms with Crippen molar-refractivity contribution in [3.05, 3.63) is 0 Å². The fourth-order valence-electron chi connectivity index (χ4n) is 5.17. The molecule has 0 aromatic carbocycles. The molecule has 3 fully saturated rings. The number of Topliss-reactive ketones (excluding diaryl/α,β-unsaturated/α-hetero) is 1. The fraction of sp³-hybridized carbons (Fsp3) is 0.882. The molecule has 0 bridgehead atoms. The van der Waals surface area contributed by atoms with E-state index in [1.165, 1.54) is 7.11 Å². The first-order valence-corrected chi connectivity index (χ1v) is 8.26. The Balaban J connectivity index is 1.98. The minimum Gasteiger partial charge on any atom is -0.469 e. The van der Waals surface area contributed by atoms with Crippen LogP contribution in [-0.4, -0.2) is 37.9 Å². The topological polar surface area (TPSA) is 61.8 Å². The summed E-state index contributed by atoms with van der Waals surface area (Å²) < 4.78 is 17.0. The summed E-state index contributed by atoms with van der Waals surface area (Å²) in [6.07, 6.45) is 4.18. The molecular weight excluding hydrogens is 284 g/mol. The van der Waals surface area contributed by atoms with Crippen molar-refractivity contribution in [2.24, 2.45) is 16.7 Å². The standard InChI is InChI=1S/C17H26O5/c1-15(11-14(19)20-3)12-5-4-7-17(21-9-10-22-17)16(12,2)8-6-13(15)18/h12H,4-11H2,1-3H3/t12-,15-,16-/m0/s1. The highest BCUT2D eigenvalue weighted by Gasteiger charge is 2.65. The molecule has 0 amide bonds. The van der Waals surface area contributed by atoms with Crippen LogP contribution in [0.1, 0.15) is 52.4 Å².